The lowest BCUT2D eigenvalue weighted by Gasteiger charge is -2.09. The Morgan fingerprint density at radius 2 is 1.84 bits per heavy atom. The first-order chi connectivity index (χ1) is 15.1. The van der Waals surface area contributed by atoms with Gasteiger partial charge in [0.05, 0.1) is 28.4 Å². The highest BCUT2D eigenvalue weighted by Crippen LogP contribution is 2.29. The normalized spacial score (nSPS) is 11.1. The van der Waals surface area contributed by atoms with Gasteiger partial charge in [-0.3, -0.25) is 10.1 Å². The number of benzene rings is 2. The summed E-state index contributed by atoms with van der Waals surface area (Å²) >= 11 is 12.9. The number of esters is 1. The Morgan fingerprint density at radius 1 is 1.16 bits per heavy atom. The molecule has 0 atom stereocenters. The number of hydrogen-bond donors (Lipinski definition) is 2. The first-order valence-electron chi connectivity index (χ1n) is 8.67. The van der Waals surface area contributed by atoms with Gasteiger partial charge in [-0.2, -0.15) is 0 Å². The Hall–Kier alpha value is -2.70. The van der Waals surface area contributed by atoms with Crippen LogP contribution in [0.2, 0.25) is 10.0 Å². The summed E-state index contributed by atoms with van der Waals surface area (Å²) in [5.74, 6) is -0.966. The number of methoxy groups -OCH3 is 1. The average molecular weight is 516 g/mol. The van der Waals surface area contributed by atoms with E-state index in [1.54, 1.807) is 24.6 Å². The van der Waals surface area contributed by atoms with E-state index in [1.165, 1.54) is 11.3 Å². The SMILES string of the molecule is COc1ccc(-c2csc(NC(=O)COC(=O)c3cc(S(N)(=O)=O)c(Cl)cc3Cl)n2)cc1. The highest BCUT2D eigenvalue weighted by molar-refractivity contribution is 7.89. The van der Waals surface area contributed by atoms with Crippen LogP contribution in [-0.2, 0) is 19.6 Å². The molecule has 0 saturated carbocycles. The van der Waals surface area contributed by atoms with Gasteiger partial charge in [0.15, 0.2) is 11.7 Å². The predicted molar refractivity (Wildman–Crippen MR) is 121 cm³/mol. The smallest absolute Gasteiger partial charge is 0.340 e. The van der Waals surface area contributed by atoms with Gasteiger partial charge in [-0.15, -0.1) is 11.3 Å². The lowest BCUT2D eigenvalue weighted by atomic mass is 10.2. The second-order valence-corrected chi connectivity index (χ2v) is 9.40. The zero-order valence-electron chi connectivity index (χ0n) is 16.3. The van der Waals surface area contributed by atoms with Crippen molar-refractivity contribution in [1.29, 1.82) is 0 Å². The van der Waals surface area contributed by atoms with Crippen molar-refractivity contribution in [2.75, 3.05) is 19.0 Å². The minimum atomic E-state index is -4.19. The molecule has 0 aliphatic heterocycles. The zero-order chi connectivity index (χ0) is 23.5. The number of sulfonamides is 1. The number of ether oxygens (including phenoxy) is 2. The van der Waals surface area contributed by atoms with Crippen LogP contribution >= 0.6 is 34.5 Å². The van der Waals surface area contributed by atoms with E-state index in [0.717, 1.165) is 17.7 Å². The number of nitrogens with two attached hydrogens (primary N) is 1. The summed E-state index contributed by atoms with van der Waals surface area (Å²) in [5, 5.41) is 9.23. The van der Waals surface area contributed by atoms with Crippen LogP contribution in [0.5, 0.6) is 5.75 Å². The molecular weight excluding hydrogens is 501 g/mol. The number of halogens is 2. The topological polar surface area (TPSA) is 138 Å². The lowest BCUT2D eigenvalue weighted by Crippen LogP contribution is -2.21. The Kier molecular flexibility index (Phi) is 7.36. The summed E-state index contributed by atoms with van der Waals surface area (Å²) in [7, 11) is -2.63. The summed E-state index contributed by atoms with van der Waals surface area (Å²) in [5.41, 5.74) is 1.18. The van der Waals surface area contributed by atoms with Crippen molar-refractivity contribution in [3.05, 3.63) is 57.4 Å². The van der Waals surface area contributed by atoms with Crippen molar-refractivity contribution in [2.24, 2.45) is 5.14 Å². The molecule has 0 bridgehead atoms. The molecule has 0 saturated heterocycles. The van der Waals surface area contributed by atoms with E-state index in [-0.39, 0.29) is 15.6 Å². The third kappa shape index (κ3) is 5.75. The van der Waals surface area contributed by atoms with Crippen LogP contribution in [-0.4, -0.2) is 39.0 Å². The first-order valence-corrected chi connectivity index (χ1v) is 11.9. The maximum absolute atomic E-state index is 12.3. The minimum Gasteiger partial charge on any atom is -0.497 e. The maximum Gasteiger partial charge on any atom is 0.340 e. The number of aromatic nitrogens is 1. The number of primary sulfonamides is 1. The van der Waals surface area contributed by atoms with Gasteiger partial charge in [-0.05, 0) is 36.4 Å². The standard InChI is InChI=1S/C19H15Cl2N3O6S2/c1-29-11-4-2-10(3-5-11)15-9-31-19(23-15)24-17(25)8-30-18(26)12-6-16(32(22,27)28)14(21)7-13(12)20/h2-7,9H,8H2,1H3,(H2,22,27,28)(H,23,24,25). The molecule has 3 rings (SSSR count). The average Bonchev–Trinajstić information content (AvgIpc) is 3.19. The number of thiazole rings is 1. The molecule has 32 heavy (non-hydrogen) atoms. The van der Waals surface area contributed by atoms with Crippen molar-refractivity contribution in [3.8, 4) is 17.0 Å². The summed E-state index contributed by atoms with van der Waals surface area (Å²) in [6.45, 7) is -0.653. The van der Waals surface area contributed by atoms with Gasteiger partial charge in [-0.25, -0.2) is 23.3 Å². The van der Waals surface area contributed by atoms with Crippen LogP contribution in [0.25, 0.3) is 11.3 Å². The maximum atomic E-state index is 12.3. The van der Waals surface area contributed by atoms with Gasteiger partial charge in [0.25, 0.3) is 5.91 Å². The third-order valence-corrected chi connectivity index (χ3v) is 6.46. The quantitative estimate of drug-likeness (QED) is 0.458. The Balaban J connectivity index is 1.63. The molecule has 2 aromatic carbocycles. The van der Waals surface area contributed by atoms with Crippen LogP contribution < -0.4 is 15.2 Å². The first kappa shape index (κ1) is 24.0. The van der Waals surface area contributed by atoms with Gasteiger partial charge >= 0.3 is 5.97 Å². The molecule has 0 aliphatic rings. The van der Waals surface area contributed by atoms with E-state index in [0.29, 0.717) is 16.6 Å². The molecule has 0 radical (unpaired) electrons. The molecule has 0 fully saturated rings. The van der Waals surface area contributed by atoms with Crippen molar-refractivity contribution < 1.29 is 27.5 Å². The molecule has 13 heteroatoms. The van der Waals surface area contributed by atoms with Crippen molar-refractivity contribution in [3.63, 3.8) is 0 Å². The Bertz CT molecular complexity index is 1280. The van der Waals surface area contributed by atoms with Crippen molar-refractivity contribution in [1.82, 2.24) is 4.98 Å². The van der Waals surface area contributed by atoms with E-state index in [9.17, 15) is 18.0 Å². The number of anilines is 1. The number of hydrogen-bond acceptors (Lipinski definition) is 8. The lowest BCUT2D eigenvalue weighted by molar-refractivity contribution is -0.119. The Labute approximate surface area is 197 Å². The highest BCUT2D eigenvalue weighted by atomic mass is 35.5. The molecule has 0 aliphatic carbocycles. The number of nitrogens with one attached hydrogen (secondary N) is 1. The van der Waals surface area contributed by atoms with Crippen LogP contribution in [0.1, 0.15) is 10.4 Å². The van der Waals surface area contributed by atoms with E-state index in [2.05, 4.69) is 10.3 Å². The molecule has 1 heterocycles. The van der Waals surface area contributed by atoms with Crippen LogP contribution in [0.3, 0.4) is 0 Å². The van der Waals surface area contributed by atoms with Crippen molar-refractivity contribution >= 4 is 61.6 Å². The van der Waals surface area contributed by atoms with E-state index in [1.807, 2.05) is 12.1 Å². The van der Waals surface area contributed by atoms with E-state index < -0.39 is 33.4 Å². The number of carbonyl (C=O) groups excluding carboxylic acids is 2. The van der Waals surface area contributed by atoms with Crippen molar-refractivity contribution in [2.45, 2.75) is 4.90 Å². The van der Waals surface area contributed by atoms with E-state index >= 15 is 0 Å². The second-order valence-electron chi connectivity index (χ2n) is 6.20. The monoisotopic (exact) mass is 515 g/mol. The fourth-order valence-corrected chi connectivity index (χ4v) is 4.62. The third-order valence-electron chi connectivity index (χ3n) is 4.02. The predicted octanol–water partition coefficient (Wildman–Crippen LogP) is 3.57. The Morgan fingerprint density at radius 3 is 2.47 bits per heavy atom. The summed E-state index contributed by atoms with van der Waals surface area (Å²) < 4.78 is 33.2. The second kappa shape index (κ2) is 9.84. The number of nitrogens with zero attached hydrogens (tertiary/aromatic N) is 1. The molecule has 9 nitrogen and oxygen atoms in total. The van der Waals surface area contributed by atoms with Crippen LogP contribution in [0.15, 0.2) is 46.7 Å². The van der Waals surface area contributed by atoms with Gasteiger partial charge in [0, 0.05) is 10.9 Å². The van der Waals surface area contributed by atoms with Gasteiger partial charge in [0.2, 0.25) is 10.0 Å². The molecule has 0 spiro atoms. The fraction of sp³-hybridized carbons (Fsp3) is 0.105. The molecule has 168 valence electrons. The molecule has 0 unspecified atom stereocenters. The summed E-state index contributed by atoms with van der Waals surface area (Å²) in [6.07, 6.45) is 0. The van der Waals surface area contributed by atoms with Crippen LogP contribution in [0, 0.1) is 0 Å². The summed E-state index contributed by atoms with van der Waals surface area (Å²) in [6, 6.07) is 9.17. The molecular formula is C19H15Cl2N3O6S2. The van der Waals surface area contributed by atoms with Gasteiger partial charge in [-0.1, -0.05) is 23.2 Å². The minimum absolute atomic E-state index is 0.156. The fourth-order valence-electron chi connectivity index (χ4n) is 2.49. The van der Waals surface area contributed by atoms with Gasteiger partial charge in [0.1, 0.15) is 10.6 Å². The molecule has 3 N–H and O–H groups in total. The van der Waals surface area contributed by atoms with Gasteiger partial charge < -0.3 is 9.47 Å². The number of amides is 1. The zero-order valence-corrected chi connectivity index (χ0v) is 19.4. The molecule has 1 amide bonds. The number of carbonyl (C=O) groups is 2. The van der Waals surface area contributed by atoms with E-state index in [4.69, 9.17) is 37.8 Å². The molecule has 1 aromatic heterocycles. The van der Waals surface area contributed by atoms with Crippen LogP contribution in [0.4, 0.5) is 5.13 Å². The summed E-state index contributed by atoms with van der Waals surface area (Å²) in [4.78, 5) is 28.2. The highest BCUT2D eigenvalue weighted by Gasteiger charge is 2.21. The number of rotatable bonds is 7. The largest absolute Gasteiger partial charge is 0.497 e. The molecule has 3 aromatic rings.